The molecule has 18 heavy (non-hydrogen) atoms. The highest BCUT2D eigenvalue weighted by Crippen LogP contribution is 2.24. The smallest absolute Gasteiger partial charge is 0.407 e. The lowest BCUT2D eigenvalue weighted by molar-refractivity contribution is 0.0333. The number of alkyl carbamates (subject to hydrolysis) is 1. The highest BCUT2D eigenvalue weighted by molar-refractivity contribution is 5.67. The van der Waals surface area contributed by atoms with E-state index in [1.165, 1.54) is 0 Å². The molecule has 1 unspecified atom stereocenters. The Labute approximate surface area is 121 Å². The first-order valence-electron chi connectivity index (χ1n) is 9.64. The molecule has 0 aliphatic carbocycles. The fourth-order valence-corrected chi connectivity index (χ4v) is 0.869. The van der Waals surface area contributed by atoms with Crippen molar-refractivity contribution < 1.29 is 31.4 Å². The van der Waals surface area contributed by atoms with Crippen molar-refractivity contribution in [3.8, 4) is 0 Å². The fraction of sp³-hybridized carbons (Fsp3) is 0.833. The number of nitrogens with one attached hydrogen (secondary N) is 1. The van der Waals surface area contributed by atoms with Gasteiger partial charge in [0.2, 0.25) is 0 Å². The molecule has 0 fully saturated rings. The van der Waals surface area contributed by atoms with Gasteiger partial charge in [0, 0.05) is 21.1 Å². The van der Waals surface area contributed by atoms with E-state index in [9.17, 15) is 9.59 Å². The second kappa shape index (κ2) is 7.79. The van der Waals surface area contributed by atoms with Crippen LogP contribution in [-0.2, 0) is 9.47 Å². The van der Waals surface area contributed by atoms with E-state index in [4.69, 9.17) is 18.1 Å². The van der Waals surface area contributed by atoms with Gasteiger partial charge in [0.15, 0.2) is 0 Å². The number of ether oxygens (including phenoxy) is 2. The van der Waals surface area contributed by atoms with Gasteiger partial charge in [-0.2, -0.15) is 0 Å². The van der Waals surface area contributed by atoms with Crippen molar-refractivity contribution in [1.82, 2.24) is 5.32 Å². The maximum absolute atomic E-state index is 11.8. The molecule has 0 spiro atoms. The standard InChI is InChI=1S/C12H24N2O4/c1-5-6-12(4,7-17-10(13)15)8-18-11(16)14-9(2)3/h9H,5-8H2,1-4H3,(H2,13,15)(H,14,16)/i1D3,5D2,6D2,8D2. The summed E-state index contributed by atoms with van der Waals surface area (Å²) in [7, 11) is 0. The number of primary amides is 1. The van der Waals surface area contributed by atoms with Gasteiger partial charge in [0.25, 0.3) is 0 Å². The van der Waals surface area contributed by atoms with E-state index in [1.54, 1.807) is 13.8 Å². The molecule has 0 radical (unpaired) electrons. The molecular formula is C12H24N2O4. The van der Waals surface area contributed by atoms with Crippen LogP contribution in [0.2, 0.25) is 0 Å². The third kappa shape index (κ3) is 7.76. The number of carbonyl (C=O) groups is 2. The summed E-state index contributed by atoms with van der Waals surface area (Å²) in [6, 6.07) is -0.466. The molecule has 3 N–H and O–H groups in total. The zero-order chi connectivity index (χ0) is 22.1. The van der Waals surface area contributed by atoms with Gasteiger partial charge in [-0.3, -0.25) is 0 Å². The van der Waals surface area contributed by atoms with Crippen molar-refractivity contribution in [1.29, 1.82) is 0 Å². The van der Waals surface area contributed by atoms with Crippen molar-refractivity contribution in [3.05, 3.63) is 0 Å². The van der Waals surface area contributed by atoms with Gasteiger partial charge >= 0.3 is 12.2 Å². The number of carbonyl (C=O) groups excluding carboxylic acids is 2. The molecule has 0 aromatic rings. The molecule has 106 valence electrons. The lowest BCUT2D eigenvalue weighted by atomic mass is 9.87. The van der Waals surface area contributed by atoms with Crippen LogP contribution in [0.3, 0.4) is 0 Å². The predicted molar refractivity (Wildman–Crippen MR) is 68.2 cm³/mol. The van der Waals surface area contributed by atoms with E-state index in [0.29, 0.717) is 0 Å². The molecule has 0 aliphatic heterocycles. The Bertz CT molecular complexity index is 566. The molecule has 6 nitrogen and oxygen atoms in total. The highest BCUT2D eigenvalue weighted by atomic mass is 16.6. The Morgan fingerprint density at radius 2 is 2.17 bits per heavy atom. The maximum Gasteiger partial charge on any atom is 0.407 e. The number of nitrogens with two attached hydrogens (primary N) is 1. The Morgan fingerprint density at radius 3 is 2.67 bits per heavy atom. The molecule has 6 heteroatoms. The summed E-state index contributed by atoms with van der Waals surface area (Å²) >= 11 is 0. The third-order valence-electron chi connectivity index (χ3n) is 1.62. The molecule has 0 bridgehead atoms. The lowest BCUT2D eigenvalue weighted by Crippen LogP contribution is -2.37. The highest BCUT2D eigenvalue weighted by Gasteiger charge is 2.27. The van der Waals surface area contributed by atoms with Crippen LogP contribution < -0.4 is 11.1 Å². The van der Waals surface area contributed by atoms with Gasteiger partial charge in [-0.05, 0) is 20.2 Å². The zero-order valence-corrected chi connectivity index (χ0v) is 10.5. The second-order valence-corrected chi connectivity index (χ2v) is 3.98. The monoisotopic (exact) mass is 269 g/mol. The second-order valence-electron chi connectivity index (χ2n) is 3.98. The average Bonchev–Trinajstić information content (AvgIpc) is 2.40. The Hall–Kier alpha value is -1.46. The first-order chi connectivity index (χ1) is 11.7. The molecule has 0 saturated carbocycles. The zero-order valence-electron chi connectivity index (χ0n) is 19.5. The van der Waals surface area contributed by atoms with Crippen LogP contribution in [0.5, 0.6) is 0 Å². The molecule has 1 atom stereocenters. The van der Waals surface area contributed by atoms with Crippen LogP contribution in [-0.4, -0.2) is 31.4 Å². The number of hydrogen-bond acceptors (Lipinski definition) is 4. The van der Waals surface area contributed by atoms with Crippen molar-refractivity contribution in [3.63, 3.8) is 0 Å². The van der Waals surface area contributed by atoms with E-state index in [0.717, 1.165) is 6.92 Å². The van der Waals surface area contributed by atoms with Crippen molar-refractivity contribution in [2.75, 3.05) is 13.2 Å². The summed E-state index contributed by atoms with van der Waals surface area (Å²) in [4.78, 5) is 22.7. The summed E-state index contributed by atoms with van der Waals surface area (Å²) in [5.41, 5.74) is 2.03. The topological polar surface area (TPSA) is 90.7 Å². The molecule has 0 heterocycles. The normalized spacial score (nSPS) is 24.3. The predicted octanol–water partition coefficient (Wildman–Crippen LogP) is 2.02. The molecule has 0 aromatic carbocycles. The minimum absolute atomic E-state index is 0.466. The van der Waals surface area contributed by atoms with E-state index >= 15 is 0 Å². The first-order valence-corrected chi connectivity index (χ1v) is 5.14. The van der Waals surface area contributed by atoms with Gasteiger partial charge in [0.1, 0.15) is 13.2 Å². The van der Waals surface area contributed by atoms with Crippen molar-refractivity contribution in [2.45, 2.75) is 46.4 Å². The molecule has 0 aromatic heterocycles. The van der Waals surface area contributed by atoms with E-state index in [1.807, 2.05) is 0 Å². The van der Waals surface area contributed by atoms with E-state index < -0.39 is 56.4 Å². The molecule has 0 saturated heterocycles. The number of hydrogen-bond donors (Lipinski definition) is 2. The van der Waals surface area contributed by atoms with Crippen LogP contribution in [0.25, 0.3) is 0 Å². The lowest BCUT2D eigenvalue weighted by Gasteiger charge is -2.27. The van der Waals surface area contributed by atoms with Crippen LogP contribution >= 0.6 is 0 Å². The molecular weight excluding hydrogens is 236 g/mol. The van der Waals surface area contributed by atoms with Crippen LogP contribution in [0.4, 0.5) is 9.59 Å². The molecule has 0 rings (SSSR count). The Morgan fingerprint density at radius 1 is 1.50 bits per heavy atom. The minimum atomic E-state index is -3.61. The summed E-state index contributed by atoms with van der Waals surface area (Å²) in [5.74, 6) is 0. The number of amides is 2. The van der Waals surface area contributed by atoms with Crippen molar-refractivity contribution in [2.24, 2.45) is 11.1 Å². The third-order valence-corrected chi connectivity index (χ3v) is 1.62. The Balaban J connectivity index is 6.25. The van der Waals surface area contributed by atoms with Gasteiger partial charge < -0.3 is 20.5 Å². The maximum atomic E-state index is 11.8. The van der Waals surface area contributed by atoms with E-state index in [2.05, 4.69) is 14.8 Å². The van der Waals surface area contributed by atoms with E-state index in [-0.39, 0.29) is 0 Å². The van der Waals surface area contributed by atoms with Gasteiger partial charge in [-0.15, -0.1) is 0 Å². The quantitative estimate of drug-likeness (QED) is 0.739. The average molecular weight is 269 g/mol. The Kier molecular flexibility index (Phi) is 2.87. The summed E-state index contributed by atoms with van der Waals surface area (Å²) in [5, 5.41) is 2.20. The summed E-state index contributed by atoms with van der Waals surface area (Å²) in [6.07, 6.45) is -9.86. The van der Waals surface area contributed by atoms with Gasteiger partial charge in [-0.1, -0.05) is 20.1 Å². The van der Waals surface area contributed by atoms with Gasteiger partial charge in [0.05, 0.1) is 2.74 Å². The van der Waals surface area contributed by atoms with Crippen LogP contribution in [0.15, 0.2) is 0 Å². The summed E-state index contributed by atoms with van der Waals surface area (Å²) < 4.78 is 78.5. The van der Waals surface area contributed by atoms with Gasteiger partial charge in [-0.25, -0.2) is 9.59 Å². The van der Waals surface area contributed by atoms with Crippen LogP contribution in [0.1, 0.15) is 52.7 Å². The largest absolute Gasteiger partial charge is 0.449 e. The van der Waals surface area contributed by atoms with Crippen LogP contribution in [0, 0.1) is 5.41 Å². The minimum Gasteiger partial charge on any atom is -0.449 e. The fourth-order valence-electron chi connectivity index (χ4n) is 0.869. The molecule has 2 amide bonds. The molecule has 0 aliphatic rings. The number of rotatable bonds is 7. The first kappa shape index (κ1) is 6.63. The SMILES string of the molecule is [2H]C([2H])([2H])C([2H])([2H])C([2H])([2H])C(C)(COC(N)=O)C([2H])([2H])OC(=O)NC(C)C. The summed E-state index contributed by atoms with van der Waals surface area (Å²) in [6.45, 7) is -4.18. The van der Waals surface area contributed by atoms with Crippen molar-refractivity contribution >= 4 is 12.2 Å².